The number of halogens is 1. The van der Waals surface area contributed by atoms with Crippen molar-refractivity contribution in [2.24, 2.45) is 0 Å². The number of rotatable bonds is 2. The van der Waals surface area contributed by atoms with Crippen molar-refractivity contribution >= 4 is 18.4 Å². The van der Waals surface area contributed by atoms with Gasteiger partial charge in [0.2, 0.25) is 5.82 Å². The fraction of sp³-hybridized carbons (Fsp3) is 0.200. The lowest BCUT2D eigenvalue weighted by atomic mass is 10.1. The average Bonchev–Trinajstić information content (AvgIpc) is 2.67. The Morgan fingerprint density at radius 2 is 2.00 bits per heavy atom. The topological polar surface area (TPSA) is 51.0 Å². The van der Waals surface area contributed by atoms with E-state index in [4.69, 9.17) is 4.52 Å². The molecule has 0 saturated carbocycles. The largest absolute Gasteiger partial charge is 0.341 e. The summed E-state index contributed by atoms with van der Waals surface area (Å²) in [5.41, 5.74) is 2.13. The van der Waals surface area contributed by atoms with Gasteiger partial charge in [-0.2, -0.15) is 4.98 Å². The standard InChI is InChI=1S/C10H11N3O.ClH/c1-7-5-3-4-6-8(7)9-12-10(11-2)14-13-9;/h3-6H,1-2H3,(H,11,12,13);1H. The molecule has 1 aromatic carbocycles. The Kier molecular flexibility index (Phi) is 3.68. The first-order chi connectivity index (χ1) is 6.81. The molecule has 1 N–H and O–H groups in total. The van der Waals surface area contributed by atoms with Crippen molar-refractivity contribution < 1.29 is 4.52 Å². The van der Waals surface area contributed by atoms with Crippen LogP contribution in [-0.2, 0) is 0 Å². The summed E-state index contributed by atoms with van der Waals surface area (Å²) in [5, 5.41) is 6.67. The lowest BCUT2D eigenvalue weighted by Gasteiger charge is -1.97. The molecule has 0 unspecified atom stereocenters. The molecule has 0 aliphatic carbocycles. The lowest BCUT2D eigenvalue weighted by Crippen LogP contribution is -1.88. The molecule has 1 aromatic heterocycles. The maximum Gasteiger partial charge on any atom is 0.321 e. The summed E-state index contributed by atoms with van der Waals surface area (Å²) in [6, 6.07) is 8.36. The molecule has 0 amide bonds. The zero-order chi connectivity index (χ0) is 9.97. The van der Waals surface area contributed by atoms with E-state index in [-0.39, 0.29) is 12.4 Å². The third-order valence-electron chi connectivity index (χ3n) is 2.03. The molecule has 2 aromatic rings. The zero-order valence-corrected chi connectivity index (χ0v) is 9.34. The van der Waals surface area contributed by atoms with Crippen LogP contribution >= 0.6 is 12.4 Å². The smallest absolute Gasteiger partial charge is 0.321 e. The number of benzene rings is 1. The first kappa shape index (κ1) is 11.5. The molecular formula is C10H12ClN3O. The van der Waals surface area contributed by atoms with E-state index in [1.807, 2.05) is 31.2 Å². The van der Waals surface area contributed by atoms with Gasteiger partial charge < -0.3 is 9.84 Å². The van der Waals surface area contributed by atoms with Gasteiger partial charge >= 0.3 is 6.01 Å². The summed E-state index contributed by atoms with van der Waals surface area (Å²) in [6.45, 7) is 2.02. The predicted octanol–water partition coefficient (Wildman–Crippen LogP) is 2.51. The van der Waals surface area contributed by atoms with Gasteiger partial charge in [-0.15, -0.1) is 12.4 Å². The van der Waals surface area contributed by atoms with Gasteiger partial charge in [-0.25, -0.2) is 0 Å². The Morgan fingerprint density at radius 3 is 2.60 bits per heavy atom. The van der Waals surface area contributed by atoms with Crippen molar-refractivity contribution in [3.63, 3.8) is 0 Å². The maximum absolute atomic E-state index is 4.95. The second-order valence-electron chi connectivity index (χ2n) is 2.99. The highest BCUT2D eigenvalue weighted by Crippen LogP contribution is 2.20. The molecule has 0 aliphatic heterocycles. The van der Waals surface area contributed by atoms with Crippen molar-refractivity contribution in [3.8, 4) is 11.4 Å². The van der Waals surface area contributed by atoms with Gasteiger partial charge in [0, 0.05) is 12.6 Å². The van der Waals surface area contributed by atoms with Crippen LogP contribution in [0.15, 0.2) is 28.8 Å². The van der Waals surface area contributed by atoms with Gasteiger partial charge in [0.1, 0.15) is 0 Å². The quantitative estimate of drug-likeness (QED) is 0.853. The highest BCUT2D eigenvalue weighted by Gasteiger charge is 2.08. The number of hydrogen-bond acceptors (Lipinski definition) is 4. The summed E-state index contributed by atoms with van der Waals surface area (Å²) < 4.78 is 4.95. The van der Waals surface area contributed by atoms with Crippen LogP contribution in [0.4, 0.5) is 6.01 Å². The third kappa shape index (κ3) is 2.27. The molecule has 0 fully saturated rings. The van der Waals surface area contributed by atoms with E-state index in [0.717, 1.165) is 11.1 Å². The predicted molar refractivity (Wildman–Crippen MR) is 61.3 cm³/mol. The van der Waals surface area contributed by atoms with E-state index in [0.29, 0.717) is 11.8 Å². The molecule has 2 rings (SSSR count). The molecule has 0 radical (unpaired) electrons. The second kappa shape index (κ2) is 4.79. The third-order valence-corrected chi connectivity index (χ3v) is 2.03. The Hall–Kier alpha value is -1.55. The van der Waals surface area contributed by atoms with Gasteiger partial charge in [0.05, 0.1) is 0 Å². The molecule has 15 heavy (non-hydrogen) atoms. The molecule has 0 spiro atoms. The molecule has 80 valence electrons. The van der Waals surface area contributed by atoms with E-state index in [2.05, 4.69) is 15.5 Å². The molecule has 0 saturated heterocycles. The molecule has 5 heteroatoms. The van der Waals surface area contributed by atoms with Crippen LogP contribution < -0.4 is 5.32 Å². The first-order valence-corrected chi connectivity index (χ1v) is 4.38. The van der Waals surface area contributed by atoms with Gasteiger partial charge in [-0.3, -0.25) is 0 Å². The zero-order valence-electron chi connectivity index (χ0n) is 8.52. The maximum atomic E-state index is 4.95. The molecular weight excluding hydrogens is 214 g/mol. The summed E-state index contributed by atoms with van der Waals surface area (Å²) in [4.78, 5) is 4.17. The monoisotopic (exact) mass is 225 g/mol. The van der Waals surface area contributed by atoms with E-state index >= 15 is 0 Å². The van der Waals surface area contributed by atoms with Crippen molar-refractivity contribution in [1.29, 1.82) is 0 Å². The van der Waals surface area contributed by atoms with Crippen LogP contribution in [0.25, 0.3) is 11.4 Å². The second-order valence-corrected chi connectivity index (χ2v) is 2.99. The van der Waals surface area contributed by atoms with Crippen LogP contribution in [-0.4, -0.2) is 17.2 Å². The molecule has 0 atom stereocenters. The van der Waals surface area contributed by atoms with Crippen LogP contribution in [0.5, 0.6) is 0 Å². The van der Waals surface area contributed by atoms with Crippen LogP contribution in [0.1, 0.15) is 5.56 Å². The first-order valence-electron chi connectivity index (χ1n) is 4.38. The van der Waals surface area contributed by atoms with Crippen molar-refractivity contribution in [3.05, 3.63) is 29.8 Å². The SMILES string of the molecule is CNc1nc(-c2ccccc2C)no1.Cl. The molecule has 4 nitrogen and oxygen atoms in total. The van der Waals surface area contributed by atoms with Crippen LogP contribution in [0.3, 0.4) is 0 Å². The fourth-order valence-corrected chi connectivity index (χ4v) is 1.26. The minimum Gasteiger partial charge on any atom is -0.341 e. The highest BCUT2D eigenvalue weighted by molar-refractivity contribution is 5.85. The average molecular weight is 226 g/mol. The minimum absolute atomic E-state index is 0. The van der Waals surface area contributed by atoms with Gasteiger partial charge in [0.15, 0.2) is 0 Å². The van der Waals surface area contributed by atoms with Crippen molar-refractivity contribution in [2.45, 2.75) is 6.92 Å². The number of nitrogens with one attached hydrogen (secondary N) is 1. The van der Waals surface area contributed by atoms with Crippen molar-refractivity contribution in [2.75, 3.05) is 12.4 Å². The van der Waals surface area contributed by atoms with Crippen molar-refractivity contribution in [1.82, 2.24) is 10.1 Å². The summed E-state index contributed by atoms with van der Waals surface area (Å²) in [7, 11) is 1.75. The Balaban J connectivity index is 0.00000112. The summed E-state index contributed by atoms with van der Waals surface area (Å²) in [5.74, 6) is 0.618. The number of hydrogen-bond donors (Lipinski definition) is 1. The fourth-order valence-electron chi connectivity index (χ4n) is 1.26. The molecule has 0 aliphatic rings. The molecule has 0 bridgehead atoms. The van der Waals surface area contributed by atoms with E-state index < -0.39 is 0 Å². The number of nitrogens with zero attached hydrogens (tertiary/aromatic N) is 2. The number of anilines is 1. The highest BCUT2D eigenvalue weighted by atomic mass is 35.5. The van der Waals surface area contributed by atoms with E-state index in [9.17, 15) is 0 Å². The Morgan fingerprint density at radius 1 is 1.27 bits per heavy atom. The number of aromatic nitrogens is 2. The minimum atomic E-state index is 0. The van der Waals surface area contributed by atoms with Gasteiger partial charge in [0.25, 0.3) is 0 Å². The van der Waals surface area contributed by atoms with Crippen LogP contribution in [0.2, 0.25) is 0 Å². The normalized spacial score (nSPS) is 9.47. The summed E-state index contributed by atoms with van der Waals surface area (Å²) >= 11 is 0. The van der Waals surface area contributed by atoms with E-state index in [1.54, 1.807) is 7.05 Å². The van der Waals surface area contributed by atoms with E-state index in [1.165, 1.54) is 0 Å². The summed E-state index contributed by atoms with van der Waals surface area (Å²) in [6.07, 6.45) is 0. The van der Waals surface area contributed by atoms with Gasteiger partial charge in [-0.1, -0.05) is 29.4 Å². The molecule has 1 heterocycles. The number of aryl methyl sites for hydroxylation is 1. The Labute approximate surface area is 94.1 Å². The van der Waals surface area contributed by atoms with Gasteiger partial charge in [-0.05, 0) is 12.5 Å². The Bertz CT molecular complexity index is 442. The van der Waals surface area contributed by atoms with Crippen LogP contribution in [0, 0.1) is 6.92 Å². The lowest BCUT2D eigenvalue weighted by molar-refractivity contribution is 0.434.